The zero-order chi connectivity index (χ0) is 13.2. The van der Waals surface area contributed by atoms with E-state index in [1.807, 2.05) is 12.1 Å². The van der Waals surface area contributed by atoms with Crippen molar-refractivity contribution in [2.45, 2.75) is 43.8 Å². The van der Waals surface area contributed by atoms with E-state index in [2.05, 4.69) is 10.4 Å². The van der Waals surface area contributed by atoms with Gasteiger partial charge in [0.2, 0.25) is 0 Å². The minimum atomic E-state index is -4.22. The van der Waals surface area contributed by atoms with Crippen molar-refractivity contribution in [3.05, 3.63) is 29.6 Å². The Bertz CT molecular complexity index is 406. The number of nitrogens with one attached hydrogen (secondary N) is 1. The molecule has 2 rings (SSSR count). The lowest BCUT2D eigenvalue weighted by atomic mass is 9.81. The molecular weight excluding hydrogens is 243 g/mol. The van der Waals surface area contributed by atoms with Crippen molar-refractivity contribution in [3.8, 4) is 0 Å². The fourth-order valence-corrected chi connectivity index (χ4v) is 2.60. The van der Waals surface area contributed by atoms with E-state index in [4.69, 9.17) is 5.84 Å². The molecule has 6 heteroatoms. The number of rotatable bonds is 3. The number of nitrogens with zero attached hydrogens (tertiary/aromatic N) is 1. The molecule has 0 bridgehead atoms. The number of hydrazine groups is 1. The van der Waals surface area contributed by atoms with E-state index >= 15 is 0 Å². The summed E-state index contributed by atoms with van der Waals surface area (Å²) in [6.45, 7) is 0. The molecule has 3 N–H and O–H groups in total. The number of aryl methyl sites for hydroxylation is 1. The first kappa shape index (κ1) is 13.3. The highest BCUT2D eigenvalue weighted by atomic mass is 19.4. The van der Waals surface area contributed by atoms with E-state index in [9.17, 15) is 13.2 Å². The van der Waals surface area contributed by atoms with Gasteiger partial charge in [0.25, 0.3) is 0 Å². The van der Waals surface area contributed by atoms with Crippen LogP contribution in [0.25, 0.3) is 0 Å². The van der Waals surface area contributed by atoms with Gasteiger partial charge < -0.3 is 0 Å². The monoisotopic (exact) mass is 259 g/mol. The van der Waals surface area contributed by atoms with Crippen LogP contribution in [0, 0.1) is 0 Å². The summed E-state index contributed by atoms with van der Waals surface area (Å²) in [5, 5.41) is 0. The topological polar surface area (TPSA) is 50.9 Å². The van der Waals surface area contributed by atoms with Crippen molar-refractivity contribution in [1.82, 2.24) is 10.4 Å². The molecule has 1 aliphatic rings. The highest BCUT2D eigenvalue weighted by Gasteiger charge is 2.37. The molecule has 1 aliphatic carbocycles. The second-order valence-electron chi connectivity index (χ2n) is 4.64. The highest BCUT2D eigenvalue weighted by Crippen LogP contribution is 2.36. The fraction of sp³-hybridized carbons (Fsp3) is 0.583. The predicted octanol–water partition coefficient (Wildman–Crippen LogP) is 2.29. The molecule has 2 atom stereocenters. The van der Waals surface area contributed by atoms with Crippen LogP contribution in [0.1, 0.15) is 36.4 Å². The molecule has 2 unspecified atom stereocenters. The second-order valence-corrected chi connectivity index (χ2v) is 4.64. The van der Waals surface area contributed by atoms with Crippen molar-refractivity contribution in [3.63, 3.8) is 0 Å². The second kappa shape index (κ2) is 5.24. The number of alkyl halides is 3. The SMILES string of the molecule is NNC(CC(F)(F)F)C1CCCc2cccnc21. The Labute approximate surface area is 104 Å². The molecule has 1 heterocycles. The van der Waals surface area contributed by atoms with Gasteiger partial charge in [-0.3, -0.25) is 16.3 Å². The molecule has 3 nitrogen and oxygen atoms in total. The quantitative estimate of drug-likeness (QED) is 0.647. The van der Waals surface area contributed by atoms with Crippen molar-refractivity contribution in [2.75, 3.05) is 0 Å². The lowest BCUT2D eigenvalue weighted by molar-refractivity contribution is -0.141. The Kier molecular flexibility index (Phi) is 3.87. The van der Waals surface area contributed by atoms with Crippen molar-refractivity contribution in [1.29, 1.82) is 0 Å². The summed E-state index contributed by atoms with van der Waals surface area (Å²) in [6, 6.07) is 2.94. The summed E-state index contributed by atoms with van der Waals surface area (Å²) in [5.41, 5.74) is 4.11. The predicted molar refractivity (Wildman–Crippen MR) is 61.7 cm³/mol. The number of hydrogen-bond donors (Lipinski definition) is 2. The van der Waals surface area contributed by atoms with E-state index in [1.165, 1.54) is 0 Å². The van der Waals surface area contributed by atoms with Gasteiger partial charge in [-0.2, -0.15) is 13.2 Å². The minimum Gasteiger partial charge on any atom is -0.271 e. The van der Waals surface area contributed by atoms with Crippen LogP contribution in [0.2, 0.25) is 0 Å². The Hall–Kier alpha value is -1.14. The van der Waals surface area contributed by atoms with Crippen molar-refractivity contribution >= 4 is 0 Å². The average Bonchev–Trinajstić information content (AvgIpc) is 2.34. The Balaban J connectivity index is 2.22. The van der Waals surface area contributed by atoms with Gasteiger partial charge in [0.15, 0.2) is 0 Å². The van der Waals surface area contributed by atoms with Crippen LogP contribution in [0.5, 0.6) is 0 Å². The van der Waals surface area contributed by atoms with E-state index in [0.29, 0.717) is 6.42 Å². The van der Waals surface area contributed by atoms with Crippen molar-refractivity contribution < 1.29 is 13.2 Å². The van der Waals surface area contributed by atoms with E-state index in [-0.39, 0.29) is 5.92 Å². The maximum atomic E-state index is 12.5. The van der Waals surface area contributed by atoms with Gasteiger partial charge in [0.05, 0.1) is 6.42 Å². The number of aromatic nitrogens is 1. The average molecular weight is 259 g/mol. The maximum absolute atomic E-state index is 12.5. The highest BCUT2D eigenvalue weighted by molar-refractivity contribution is 5.27. The van der Waals surface area contributed by atoms with Crippen LogP contribution in [-0.4, -0.2) is 17.2 Å². The molecule has 1 aromatic rings. The molecule has 0 aliphatic heterocycles. The smallest absolute Gasteiger partial charge is 0.271 e. The molecule has 100 valence electrons. The number of nitrogens with two attached hydrogens (primary N) is 1. The third kappa shape index (κ3) is 3.00. The first-order chi connectivity index (χ1) is 8.51. The molecule has 0 fully saturated rings. The number of fused-ring (bicyclic) bond motifs is 1. The first-order valence-electron chi connectivity index (χ1n) is 5.98. The third-order valence-electron chi connectivity index (χ3n) is 3.39. The molecule has 0 aromatic carbocycles. The standard InChI is InChI=1S/C12H16F3N3/c13-12(14,15)7-10(18-16)9-5-1-3-8-4-2-6-17-11(8)9/h2,4,6,9-10,18H,1,3,5,7,16H2. The number of pyridine rings is 1. The zero-order valence-corrected chi connectivity index (χ0v) is 9.87. The molecular formula is C12H16F3N3. The molecule has 1 aromatic heterocycles. The van der Waals surface area contributed by atoms with Crippen LogP contribution < -0.4 is 11.3 Å². The van der Waals surface area contributed by atoms with Gasteiger partial charge in [-0.1, -0.05) is 6.07 Å². The van der Waals surface area contributed by atoms with E-state index in [0.717, 1.165) is 24.1 Å². The maximum Gasteiger partial charge on any atom is 0.390 e. The van der Waals surface area contributed by atoms with Gasteiger partial charge in [-0.25, -0.2) is 0 Å². The summed E-state index contributed by atoms with van der Waals surface area (Å²) in [4.78, 5) is 4.24. The molecule has 0 radical (unpaired) electrons. The van der Waals surface area contributed by atoms with Gasteiger partial charge in [0, 0.05) is 23.9 Å². The van der Waals surface area contributed by atoms with Gasteiger partial charge in [0.1, 0.15) is 0 Å². The van der Waals surface area contributed by atoms with E-state index < -0.39 is 18.6 Å². The number of halogens is 3. The molecule has 18 heavy (non-hydrogen) atoms. The van der Waals surface area contributed by atoms with Crippen LogP contribution in [0.15, 0.2) is 18.3 Å². The Morgan fingerprint density at radius 2 is 2.28 bits per heavy atom. The Morgan fingerprint density at radius 3 is 2.94 bits per heavy atom. The summed E-state index contributed by atoms with van der Waals surface area (Å²) in [7, 11) is 0. The lowest BCUT2D eigenvalue weighted by Crippen LogP contribution is -2.44. The van der Waals surface area contributed by atoms with Crippen molar-refractivity contribution in [2.24, 2.45) is 5.84 Å². The van der Waals surface area contributed by atoms with Gasteiger partial charge in [-0.05, 0) is 30.9 Å². The van der Waals surface area contributed by atoms with Gasteiger partial charge >= 0.3 is 6.18 Å². The Morgan fingerprint density at radius 1 is 1.50 bits per heavy atom. The summed E-state index contributed by atoms with van der Waals surface area (Å²) >= 11 is 0. The summed E-state index contributed by atoms with van der Waals surface area (Å²) < 4.78 is 37.5. The minimum absolute atomic E-state index is 0.262. The normalized spacial score (nSPS) is 21.4. The third-order valence-corrected chi connectivity index (χ3v) is 3.39. The molecule has 0 saturated heterocycles. The first-order valence-corrected chi connectivity index (χ1v) is 5.98. The summed E-state index contributed by atoms with van der Waals surface area (Å²) in [5.74, 6) is 5.03. The van der Waals surface area contributed by atoms with Crippen LogP contribution in [-0.2, 0) is 6.42 Å². The van der Waals surface area contributed by atoms with Gasteiger partial charge in [-0.15, -0.1) is 0 Å². The largest absolute Gasteiger partial charge is 0.390 e. The number of hydrogen-bond acceptors (Lipinski definition) is 3. The zero-order valence-electron chi connectivity index (χ0n) is 9.87. The van der Waals surface area contributed by atoms with E-state index in [1.54, 1.807) is 6.20 Å². The molecule has 0 spiro atoms. The molecule has 0 amide bonds. The fourth-order valence-electron chi connectivity index (χ4n) is 2.60. The lowest BCUT2D eigenvalue weighted by Gasteiger charge is -2.31. The van der Waals surface area contributed by atoms with Crippen LogP contribution in [0.3, 0.4) is 0 Å². The van der Waals surface area contributed by atoms with Crippen LogP contribution >= 0.6 is 0 Å². The summed E-state index contributed by atoms with van der Waals surface area (Å²) in [6.07, 6.45) is -1.08. The van der Waals surface area contributed by atoms with Crippen LogP contribution in [0.4, 0.5) is 13.2 Å². The molecule has 0 saturated carbocycles.